The van der Waals surface area contributed by atoms with E-state index in [1.165, 1.54) is 6.07 Å². The van der Waals surface area contributed by atoms with Crippen LogP contribution in [0.3, 0.4) is 0 Å². The fraction of sp³-hybridized carbons (Fsp3) is 0.263. The quantitative estimate of drug-likeness (QED) is 0.748. The number of rotatable bonds is 7. The molecule has 0 fully saturated rings. The number of carboxylic acids is 1. The minimum atomic E-state index is -3.43. The first-order valence-corrected chi connectivity index (χ1v) is 10.00. The minimum Gasteiger partial charge on any atom is -0.482 e. The number of amides is 1. The highest BCUT2D eigenvalue weighted by Crippen LogP contribution is 2.20. The van der Waals surface area contributed by atoms with Gasteiger partial charge in [-0.25, -0.2) is 13.2 Å². The molecule has 27 heavy (non-hydrogen) atoms. The molecule has 0 saturated heterocycles. The number of hydrogen-bond acceptors (Lipinski definition) is 5. The molecule has 0 bridgehead atoms. The summed E-state index contributed by atoms with van der Waals surface area (Å²) in [5.74, 6) is -1.08. The van der Waals surface area contributed by atoms with Gasteiger partial charge in [0.15, 0.2) is 16.4 Å². The molecular weight excluding hydrogens is 370 g/mol. The van der Waals surface area contributed by atoms with Crippen LogP contribution in [0.2, 0.25) is 0 Å². The molecule has 0 heterocycles. The van der Waals surface area contributed by atoms with Crippen molar-refractivity contribution in [2.75, 3.05) is 12.9 Å². The van der Waals surface area contributed by atoms with Crippen molar-refractivity contribution in [2.45, 2.75) is 25.3 Å². The maximum absolute atomic E-state index is 12.6. The van der Waals surface area contributed by atoms with Crippen molar-refractivity contribution < 1.29 is 27.9 Å². The zero-order chi connectivity index (χ0) is 20.2. The Morgan fingerprint density at radius 3 is 2.48 bits per heavy atom. The Morgan fingerprint density at radius 2 is 1.85 bits per heavy atom. The summed E-state index contributed by atoms with van der Waals surface area (Å²) in [6.45, 7) is 3.25. The average Bonchev–Trinajstić information content (AvgIpc) is 2.59. The van der Waals surface area contributed by atoms with Crippen LogP contribution in [0.25, 0.3) is 0 Å². The first-order chi connectivity index (χ1) is 12.6. The lowest BCUT2D eigenvalue weighted by Crippen LogP contribution is -2.24. The second-order valence-corrected chi connectivity index (χ2v) is 8.21. The molecule has 1 amide bonds. The molecule has 2 aromatic rings. The Hall–Kier alpha value is -2.87. The number of aliphatic carboxylic acids is 1. The smallest absolute Gasteiger partial charge is 0.341 e. The van der Waals surface area contributed by atoms with Crippen molar-refractivity contribution in [3.8, 4) is 5.75 Å². The molecule has 2 aromatic carbocycles. The number of aryl methyl sites for hydroxylation is 1. The van der Waals surface area contributed by atoms with Crippen LogP contribution in [0.4, 0.5) is 0 Å². The molecule has 8 heteroatoms. The summed E-state index contributed by atoms with van der Waals surface area (Å²) < 4.78 is 28.7. The molecular formula is C19H21NO6S. The van der Waals surface area contributed by atoms with Gasteiger partial charge in [0, 0.05) is 18.4 Å². The predicted octanol–water partition coefficient (Wildman–Crippen LogP) is 2.10. The van der Waals surface area contributed by atoms with Crippen LogP contribution in [0.5, 0.6) is 5.75 Å². The summed E-state index contributed by atoms with van der Waals surface area (Å²) in [7, 11) is -3.43. The lowest BCUT2D eigenvalue weighted by atomic mass is 10.0. The molecule has 2 rings (SSSR count). The zero-order valence-corrected chi connectivity index (χ0v) is 16.1. The zero-order valence-electron chi connectivity index (χ0n) is 15.3. The molecule has 0 unspecified atom stereocenters. The van der Waals surface area contributed by atoms with Crippen molar-refractivity contribution in [1.82, 2.24) is 5.32 Å². The van der Waals surface area contributed by atoms with Crippen LogP contribution >= 0.6 is 0 Å². The largest absolute Gasteiger partial charge is 0.482 e. The predicted molar refractivity (Wildman–Crippen MR) is 99.8 cm³/mol. The van der Waals surface area contributed by atoms with Crippen molar-refractivity contribution in [1.29, 1.82) is 0 Å². The number of ether oxygens (including phenoxy) is 1. The maximum Gasteiger partial charge on any atom is 0.341 e. The van der Waals surface area contributed by atoms with Gasteiger partial charge in [-0.1, -0.05) is 12.1 Å². The van der Waals surface area contributed by atoms with Gasteiger partial charge in [0.25, 0.3) is 5.91 Å². The van der Waals surface area contributed by atoms with E-state index < -0.39 is 28.3 Å². The van der Waals surface area contributed by atoms with Crippen LogP contribution in [-0.2, 0) is 21.2 Å². The summed E-state index contributed by atoms with van der Waals surface area (Å²) in [4.78, 5) is 23.2. The van der Waals surface area contributed by atoms with Crippen molar-refractivity contribution in [2.24, 2.45) is 0 Å². The van der Waals surface area contributed by atoms with Gasteiger partial charge in [-0.15, -0.1) is 0 Å². The normalized spacial score (nSPS) is 11.1. The highest BCUT2D eigenvalue weighted by Gasteiger charge is 2.16. The number of hydrogen-bond donors (Lipinski definition) is 2. The van der Waals surface area contributed by atoms with Crippen LogP contribution in [-0.4, -0.2) is 38.3 Å². The van der Waals surface area contributed by atoms with Gasteiger partial charge in [0.05, 0.1) is 4.90 Å². The number of sulfone groups is 1. The van der Waals surface area contributed by atoms with E-state index in [1.54, 1.807) is 44.2 Å². The summed E-state index contributed by atoms with van der Waals surface area (Å²) in [5.41, 5.74) is 2.44. The number of benzene rings is 2. The lowest BCUT2D eigenvalue weighted by Gasteiger charge is -2.12. The maximum atomic E-state index is 12.6. The minimum absolute atomic E-state index is 0.0971. The van der Waals surface area contributed by atoms with Gasteiger partial charge in [-0.2, -0.15) is 0 Å². The Labute approximate surface area is 157 Å². The summed E-state index contributed by atoms with van der Waals surface area (Å²) in [6, 6.07) is 9.63. The Bertz CT molecular complexity index is 982. The third-order valence-corrected chi connectivity index (χ3v) is 5.12. The number of nitrogens with one attached hydrogen (secondary N) is 1. The summed E-state index contributed by atoms with van der Waals surface area (Å²) in [6.07, 6.45) is 1.10. The van der Waals surface area contributed by atoms with Crippen molar-refractivity contribution >= 4 is 21.7 Å². The first kappa shape index (κ1) is 20.4. The van der Waals surface area contributed by atoms with E-state index in [4.69, 9.17) is 9.84 Å². The number of carbonyl (C=O) groups is 2. The van der Waals surface area contributed by atoms with Gasteiger partial charge in [0.1, 0.15) is 5.75 Å². The fourth-order valence-corrected chi connectivity index (χ4v) is 3.17. The molecule has 0 radical (unpaired) electrons. The number of carbonyl (C=O) groups excluding carboxylic acids is 1. The fourth-order valence-electron chi connectivity index (χ4n) is 2.44. The van der Waals surface area contributed by atoms with E-state index >= 15 is 0 Å². The lowest BCUT2D eigenvalue weighted by molar-refractivity contribution is -0.139. The van der Waals surface area contributed by atoms with E-state index in [9.17, 15) is 18.0 Å². The Morgan fingerprint density at radius 1 is 1.15 bits per heavy atom. The molecule has 0 spiro atoms. The number of carboxylic acid groups (broad SMARTS) is 1. The van der Waals surface area contributed by atoms with E-state index in [1.807, 2.05) is 0 Å². The Balaban J connectivity index is 2.16. The van der Waals surface area contributed by atoms with Crippen molar-refractivity contribution in [3.63, 3.8) is 0 Å². The highest BCUT2D eigenvalue weighted by molar-refractivity contribution is 7.90. The van der Waals surface area contributed by atoms with E-state index in [-0.39, 0.29) is 11.4 Å². The summed E-state index contributed by atoms with van der Waals surface area (Å²) in [5, 5.41) is 11.4. The molecule has 0 saturated carbocycles. The molecule has 2 N–H and O–H groups in total. The Kier molecular flexibility index (Phi) is 6.22. The van der Waals surface area contributed by atoms with Crippen LogP contribution < -0.4 is 10.1 Å². The molecule has 0 aliphatic heterocycles. The van der Waals surface area contributed by atoms with Crippen LogP contribution in [0.1, 0.15) is 27.0 Å². The molecule has 0 aliphatic carbocycles. The van der Waals surface area contributed by atoms with Gasteiger partial charge in [-0.05, 0) is 54.8 Å². The standard InChI is InChI=1S/C19H21NO6S/c1-12-7-16(27(3,24)25)9-17(13(12)2)19(23)20-10-14-5-4-6-15(8-14)26-11-18(21)22/h4-9H,10-11H2,1-3H3,(H,20,23)(H,21,22). The molecule has 0 aliphatic rings. The third kappa shape index (κ3) is 5.55. The second kappa shape index (κ2) is 8.22. The average molecular weight is 391 g/mol. The SMILES string of the molecule is Cc1cc(S(C)(=O)=O)cc(C(=O)NCc2cccc(OCC(=O)O)c2)c1C. The van der Waals surface area contributed by atoms with E-state index in [0.717, 1.165) is 11.8 Å². The first-order valence-electron chi connectivity index (χ1n) is 8.11. The van der Waals surface area contributed by atoms with Crippen LogP contribution in [0.15, 0.2) is 41.3 Å². The van der Waals surface area contributed by atoms with Gasteiger partial charge >= 0.3 is 5.97 Å². The summed E-state index contributed by atoms with van der Waals surface area (Å²) >= 11 is 0. The van der Waals surface area contributed by atoms with Gasteiger partial charge < -0.3 is 15.2 Å². The van der Waals surface area contributed by atoms with E-state index in [2.05, 4.69) is 5.32 Å². The highest BCUT2D eigenvalue weighted by atomic mass is 32.2. The van der Waals surface area contributed by atoms with Gasteiger partial charge in [-0.3, -0.25) is 4.79 Å². The monoisotopic (exact) mass is 391 g/mol. The third-order valence-electron chi connectivity index (χ3n) is 4.03. The second-order valence-electron chi connectivity index (χ2n) is 6.20. The molecule has 0 atom stereocenters. The molecule has 144 valence electrons. The molecule has 0 aromatic heterocycles. The van der Waals surface area contributed by atoms with Crippen LogP contribution in [0, 0.1) is 13.8 Å². The molecule has 7 nitrogen and oxygen atoms in total. The van der Waals surface area contributed by atoms with Crippen molar-refractivity contribution in [3.05, 3.63) is 58.7 Å². The van der Waals surface area contributed by atoms with Gasteiger partial charge in [0.2, 0.25) is 0 Å². The van der Waals surface area contributed by atoms with E-state index in [0.29, 0.717) is 22.4 Å². The topological polar surface area (TPSA) is 110 Å².